The number of nitrogens with two attached hydrogens (primary N) is 1. The first kappa shape index (κ1) is 11.5. The molecule has 1 amide bonds. The summed E-state index contributed by atoms with van der Waals surface area (Å²) in [5.41, 5.74) is 5.56. The second kappa shape index (κ2) is 5.98. The van der Waals surface area contributed by atoms with Gasteiger partial charge in [0.1, 0.15) is 6.61 Å². The van der Waals surface area contributed by atoms with E-state index in [9.17, 15) is 4.79 Å². The third-order valence-corrected chi connectivity index (χ3v) is 2.37. The van der Waals surface area contributed by atoms with Gasteiger partial charge in [0.25, 0.3) is 0 Å². The Kier molecular flexibility index (Phi) is 4.90. The van der Waals surface area contributed by atoms with Gasteiger partial charge in [-0.1, -0.05) is 6.92 Å². The molecule has 1 saturated carbocycles. The van der Waals surface area contributed by atoms with Crippen LogP contribution in [-0.4, -0.2) is 31.7 Å². The van der Waals surface area contributed by atoms with Crippen molar-refractivity contribution in [3.05, 3.63) is 0 Å². The van der Waals surface area contributed by atoms with Crippen molar-refractivity contribution >= 4 is 5.91 Å². The SMILES string of the molecule is CCCOCC(=O)NC(CN)C1CC1. The highest BCUT2D eigenvalue weighted by Crippen LogP contribution is 2.32. The molecule has 0 bridgehead atoms. The van der Waals surface area contributed by atoms with Crippen LogP contribution in [0.15, 0.2) is 0 Å². The van der Waals surface area contributed by atoms with E-state index in [1.54, 1.807) is 0 Å². The van der Waals surface area contributed by atoms with Gasteiger partial charge in [0.2, 0.25) is 5.91 Å². The van der Waals surface area contributed by atoms with Gasteiger partial charge in [0.15, 0.2) is 0 Å². The summed E-state index contributed by atoms with van der Waals surface area (Å²) in [7, 11) is 0. The third kappa shape index (κ3) is 4.07. The van der Waals surface area contributed by atoms with Crippen LogP contribution in [0, 0.1) is 5.92 Å². The number of rotatable bonds is 7. The summed E-state index contributed by atoms with van der Waals surface area (Å²) in [5.74, 6) is 0.566. The lowest BCUT2D eigenvalue weighted by Gasteiger charge is -2.15. The van der Waals surface area contributed by atoms with Crippen LogP contribution in [0.5, 0.6) is 0 Å². The van der Waals surface area contributed by atoms with Gasteiger partial charge in [0, 0.05) is 19.2 Å². The van der Waals surface area contributed by atoms with E-state index in [4.69, 9.17) is 10.5 Å². The number of carbonyl (C=O) groups excluding carboxylic acids is 1. The predicted octanol–water partition coefficient (Wildman–Crippen LogP) is 0.267. The quantitative estimate of drug-likeness (QED) is 0.580. The van der Waals surface area contributed by atoms with Gasteiger partial charge in [-0.2, -0.15) is 0 Å². The molecule has 4 heteroatoms. The van der Waals surface area contributed by atoms with Crippen LogP contribution in [0.1, 0.15) is 26.2 Å². The number of hydrogen-bond donors (Lipinski definition) is 2. The Hall–Kier alpha value is -0.610. The summed E-state index contributed by atoms with van der Waals surface area (Å²) >= 11 is 0. The Morgan fingerprint density at radius 1 is 1.64 bits per heavy atom. The van der Waals surface area contributed by atoms with Crippen LogP contribution in [0.4, 0.5) is 0 Å². The fraction of sp³-hybridized carbons (Fsp3) is 0.900. The first-order valence-electron chi connectivity index (χ1n) is 5.35. The zero-order valence-corrected chi connectivity index (χ0v) is 8.79. The van der Waals surface area contributed by atoms with Crippen LogP contribution < -0.4 is 11.1 Å². The fourth-order valence-corrected chi connectivity index (χ4v) is 1.43. The van der Waals surface area contributed by atoms with Crippen molar-refractivity contribution in [1.82, 2.24) is 5.32 Å². The van der Waals surface area contributed by atoms with Crippen molar-refractivity contribution in [2.45, 2.75) is 32.2 Å². The topological polar surface area (TPSA) is 64.3 Å². The third-order valence-electron chi connectivity index (χ3n) is 2.37. The minimum absolute atomic E-state index is 0.0409. The van der Waals surface area contributed by atoms with E-state index in [2.05, 4.69) is 5.32 Å². The van der Waals surface area contributed by atoms with Gasteiger partial charge in [-0.15, -0.1) is 0 Å². The standard InChI is InChI=1S/C10H20N2O2/c1-2-5-14-7-10(13)12-9(6-11)8-3-4-8/h8-9H,2-7,11H2,1H3,(H,12,13). The number of hydrogen-bond acceptors (Lipinski definition) is 3. The molecule has 0 aromatic carbocycles. The lowest BCUT2D eigenvalue weighted by Crippen LogP contribution is -2.43. The maximum Gasteiger partial charge on any atom is 0.246 e. The minimum Gasteiger partial charge on any atom is -0.372 e. The number of amides is 1. The zero-order chi connectivity index (χ0) is 10.4. The molecule has 4 nitrogen and oxygen atoms in total. The molecule has 0 aliphatic heterocycles. The minimum atomic E-state index is -0.0409. The number of nitrogens with one attached hydrogen (secondary N) is 1. The number of carbonyl (C=O) groups is 1. The molecule has 1 fully saturated rings. The monoisotopic (exact) mass is 200 g/mol. The molecule has 0 aromatic heterocycles. The highest BCUT2D eigenvalue weighted by atomic mass is 16.5. The molecule has 0 radical (unpaired) electrons. The second-order valence-electron chi connectivity index (χ2n) is 3.80. The molecule has 0 saturated heterocycles. The summed E-state index contributed by atoms with van der Waals surface area (Å²) in [5, 5.41) is 2.90. The lowest BCUT2D eigenvalue weighted by atomic mass is 10.2. The maximum absolute atomic E-state index is 11.3. The van der Waals surface area contributed by atoms with E-state index in [1.165, 1.54) is 12.8 Å². The smallest absolute Gasteiger partial charge is 0.246 e. The number of ether oxygens (including phenoxy) is 1. The summed E-state index contributed by atoms with van der Waals surface area (Å²) in [6, 6.07) is 0.160. The van der Waals surface area contributed by atoms with Gasteiger partial charge in [-0.25, -0.2) is 0 Å². The van der Waals surface area contributed by atoms with Crippen molar-refractivity contribution in [2.75, 3.05) is 19.8 Å². The van der Waals surface area contributed by atoms with Crippen LogP contribution in [0.2, 0.25) is 0 Å². The molecule has 0 spiro atoms. The Morgan fingerprint density at radius 3 is 2.86 bits per heavy atom. The maximum atomic E-state index is 11.3. The van der Waals surface area contributed by atoms with E-state index in [1.807, 2.05) is 6.92 Å². The first-order valence-corrected chi connectivity index (χ1v) is 5.35. The summed E-state index contributed by atoms with van der Waals surface area (Å²) in [6.45, 7) is 3.36. The summed E-state index contributed by atoms with van der Waals surface area (Å²) in [6.07, 6.45) is 3.33. The van der Waals surface area contributed by atoms with Crippen LogP contribution in [0.3, 0.4) is 0 Å². The summed E-state index contributed by atoms with van der Waals surface area (Å²) < 4.78 is 5.14. The summed E-state index contributed by atoms with van der Waals surface area (Å²) in [4.78, 5) is 11.3. The fourth-order valence-electron chi connectivity index (χ4n) is 1.43. The second-order valence-corrected chi connectivity index (χ2v) is 3.80. The van der Waals surface area contributed by atoms with Crippen molar-refractivity contribution in [3.63, 3.8) is 0 Å². The molecule has 3 N–H and O–H groups in total. The van der Waals surface area contributed by atoms with E-state index < -0.39 is 0 Å². The molecule has 82 valence electrons. The molecular weight excluding hydrogens is 180 g/mol. The first-order chi connectivity index (χ1) is 6.77. The highest BCUT2D eigenvalue weighted by molar-refractivity contribution is 5.77. The van der Waals surface area contributed by atoms with Crippen molar-refractivity contribution in [2.24, 2.45) is 11.7 Å². The Bertz CT molecular complexity index is 181. The van der Waals surface area contributed by atoms with Crippen molar-refractivity contribution in [3.8, 4) is 0 Å². The largest absolute Gasteiger partial charge is 0.372 e. The van der Waals surface area contributed by atoms with E-state index in [0.717, 1.165) is 6.42 Å². The zero-order valence-electron chi connectivity index (χ0n) is 8.79. The van der Waals surface area contributed by atoms with Crippen LogP contribution in [-0.2, 0) is 9.53 Å². The molecule has 1 aliphatic carbocycles. The van der Waals surface area contributed by atoms with Crippen LogP contribution >= 0.6 is 0 Å². The molecule has 1 unspecified atom stereocenters. The predicted molar refractivity (Wildman–Crippen MR) is 54.8 cm³/mol. The molecule has 0 aromatic rings. The molecule has 1 atom stereocenters. The normalized spacial score (nSPS) is 17.9. The lowest BCUT2D eigenvalue weighted by molar-refractivity contribution is -0.126. The van der Waals surface area contributed by atoms with Crippen molar-refractivity contribution < 1.29 is 9.53 Å². The highest BCUT2D eigenvalue weighted by Gasteiger charge is 2.31. The van der Waals surface area contributed by atoms with Gasteiger partial charge >= 0.3 is 0 Å². The average molecular weight is 200 g/mol. The van der Waals surface area contributed by atoms with Gasteiger partial charge in [-0.05, 0) is 25.2 Å². The van der Waals surface area contributed by atoms with Crippen LogP contribution in [0.25, 0.3) is 0 Å². The van der Waals surface area contributed by atoms with E-state index in [-0.39, 0.29) is 18.6 Å². The van der Waals surface area contributed by atoms with Gasteiger partial charge in [0.05, 0.1) is 0 Å². The molecule has 1 rings (SSSR count). The molecule has 1 aliphatic rings. The average Bonchev–Trinajstić information content (AvgIpc) is 2.98. The Labute approximate surface area is 85.2 Å². The van der Waals surface area contributed by atoms with Gasteiger partial charge in [-0.3, -0.25) is 4.79 Å². The van der Waals surface area contributed by atoms with E-state index in [0.29, 0.717) is 19.1 Å². The Morgan fingerprint density at radius 2 is 2.36 bits per heavy atom. The van der Waals surface area contributed by atoms with E-state index >= 15 is 0 Å². The Balaban J connectivity index is 2.11. The molecule has 14 heavy (non-hydrogen) atoms. The molecular formula is C10H20N2O2. The van der Waals surface area contributed by atoms with Gasteiger partial charge < -0.3 is 15.8 Å². The molecule has 0 heterocycles. The van der Waals surface area contributed by atoms with Crippen molar-refractivity contribution in [1.29, 1.82) is 0 Å².